The Morgan fingerprint density at radius 1 is 1.06 bits per heavy atom. The summed E-state index contributed by atoms with van der Waals surface area (Å²) in [4.78, 5) is 22.3. The third-order valence-corrected chi connectivity index (χ3v) is 5.55. The number of fused-ring (bicyclic) bond motifs is 1. The van der Waals surface area contributed by atoms with Crippen molar-refractivity contribution in [3.05, 3.63) is 30.3 Å². The molecule has 12 heteroatoms. The number of nitrogens with one attached hydrogen (secondary N) is 1. The van der Waals surface area contributed by atoms with Crippen LogP contribution >= 0.6 is 0 Å². The summed E-state index contributed by atoms with van der Waals surface area (Å²) in [6.45, 7) is 0.229. The molecule has 0 aromatic heterocycles. The Morgan fingerprint density at radius 2 is 1.66 bits per heavy atom. The number of amides is 1. The lowest BCUT2D eigenvalue weighted by atomic mass is 9.71. The van der Waals surface area contributed by atoms with Gasteiger partial charge in [0.05, 0.1) is 12.1 Å². The zero-order chi connectivity index (χ0) is 24.2. The number of aliphatic hydroxyl groups is 1. The van der Waals surface area contributed by atoms with E-state index in [9.17, 15) is 36.2 Å². The number of halogens is 6. The first-order valence-corrected chi connectivity index (χ1v) is 9.94. The molecular weight excluding hydrogens is 446 g/mol. The lowest BCUT2D eigenvalue weighted by Crippen LogP contribution is -2.68. The van der Waals surface area contributed by atoms with Crippen LogP contribution in [0.25, 0.3) is 0 Å². The summed E-state index contributed by atoms with van der Waals surface area (Å²) in [5.41, 5.74) is -0.339. The molecule has 3 rings (SSSR count). The summed E-state index contributed by atoms with van der Waals surface area (Å²) < 4.78 is 69.6. The molecule has 1 saturated carbocycles. The topological polar surface area (TPSA) is 89.9 Å². The number of benzene rings is 1. The number of carboxylic acid groups (broad SMARTS) is 1. The molecule has 1 aromatic carbocycles. The first-order valence-electron chi connectivity index (χ1n) is 9.94. The molecular formula is C20H24F6N2O4. The van der Waals surface area contributed by atoms with E-state index in [1.165, 1.54) is 4.90 Å². The maximum atomic E-state index is 12.6. The highest BCUT2D eigenvalue weighted by Gasteiger charge is 2.52. The van der Waals surface area contributed by atoms with Crippen molar-refractivity contribution in [3.63, 3.8) is 0 Å². The van der Waals surface area contributed by atoms with Gasteiger partial charge in [-0.2, -0.15) is 26.3 Å². The van der Waals surface area contributed by atoms with Crippen molar-refractivity contribution in [2.45, 2.75) is 68.6 Å². The molecule has 2 aliphatic rings. The summed E-state index contributed by atoms with van der Waals surface area (Å²) in [5, 5.41) is 21.7. The minimum absolute atomic E-state index is 0.229. The third kappa shape index (κ3) is 6.75. The minimum Gasteiger partial charge on any atom is -0.475 e. The van der Waals surface area contributed by atoms with Crippen molar-refractivity contribution in [2.24, 2.45) is 0 Å². The Labute approximate surface area is 180 Å². The number of carbonyl (C=O) groups is 2. The number of alkyl halides is 6. The van der Waals surface area contributed by atoms with Crippen LogP contribution in [-0.4, -0.2) is 63.6 Å². The van der Waals surface area contributed by atoms with E-state index in [1.807, 2.05) is 30.3 Å². The number of para-hydroxylation sites is 1. The minimum atomic E-state index is -5.08. The van der Waals surface area contributed by atoms with Gasteiger partial charge < -0.3 is 20.4 Å². The molecule has 180 valence electrons. The number of hydrogen-bond acceptors (Lipinski definition) is 4. The Bertz CT molecular complexity index is 787. The molecule has 32 heavy (non-hydrogen) atoms. The zero-order valence-electron chi connectivity index (χ0n) is 16.9. The fourth-order valence-corrected chi connectivity index (χ4v) is 4.17. The number of nitrogens with zero attached hydrogens (tertiary/aromatic N) is 1. The summed E-state index contributed by atoms with van der Waals surface area (Å²) in [7, 11) is 0. The summed E-state index contributed by atoms with van der Waals surface area (Å²) >= 11 is 0. The predicted molar refractivity (Wildman–Crippen MR) is 102 cm³/mol. The van der Waals surface area contributed by atoms with E-state index in [-0.39, 0.29) is 12.6 Å². The van der Waals surface area contributed by atoms with E-state index >= 15 is 0 Å². The molecule has 1 heterocycles. The van der Waals surface area contributed by atoms with Gasteiger partial charge in [0.25, 0.3) is 0 Å². The lowest BCUT2D eigenvalue weighted by molar-refractivity contribution is -0.192. The largest absolute Gasteiger partial charge is 0.490 e. The Balaban J connectivity index is 0.000000451. The summed E-state index contributed by atoms with van der Waals surface area (Å²) in [6.07, 6.45) is -8.02. The van der Waals surface area contributed by atoms with Crippen molar-refractivity contribution >= 4 is 17.6 Å². The van der Waals surface area contributed by atoms with Crippen molar-refractivity contribution in [1.82, 2.24) is 4.90 Å². The van der Waals surface area contributed by atoms with E-state index in [0.29, 0.717) is 19.3 Å². The van der Waals surface area contributed by atoms with Crippen molar-refractivity contribution in [1.29, 1.82) is 0 Å². The van der Waals surface area contributed by atoms with Gasteiger partial charge in [-0.3, -0.25) is 4.79 Å². The van der Waals surface area contributed by atoms with Crippen LogP contribution in [0.3, 0.4) is 0 Å². The van der Waals surface area contributed by atoms with E-state index in [0.717, 1.165) is 18.5 Å². The maximum absolute atomic E-state index is 12.6. The van der Waals surface area contributed by atoms with Gasteiger partial charge in [-0.25, -0.2) is 4.79 Å². The SMILES string of the molecule is O=C(CC(F)(F)F)N1CCC(Nc2ccccc2)[C@@]2(O)CCCC[C@H]12.O=C(O)C(F)(F)F. The van der Waals surface area contributed by atoms with Gasteiger partial charge in [0.15, 0.2) is 0 Å². The highest BCUT2D eigenvalue weighted by atomic mass is 19.4. The van der Waals surface area contributed by atoms with Crippen molar-refractivity contribution in [3.8, 4) is 0 Å². The van der Waals surface area contributed by atoms with Crippen LogP contribution in [-0.2, 0) is 9.59 Å². The number of aliphatic carboxylic acids is 1. The Morgan fingerprint density at radius 3 is 2.19 bits per heavy atom. The monoisotopic (exact) mass is 470 g/mol. The Kier molecular flexibility index (Phi) is 8.02. The standard InChI is InChI=1S/C18H23F3N2O2.C2HF3O2/c19-18(20,21)12-16(24)23-11-9-14(22-13-6-2-1-3-7-13)17(25)10-5-4-8-15(17)23;3-2(4,5)1(6)7/h1-3,6-7,14-15,22,25H,4-5,8-12H2;(H,6,7)/t14?,15-,17-;/m0./s1. The molecule has 6 nitrogen and oxygen atoms in total. The lowest BCUT2D eigenvalue weighted by Gasteiger charge is -2.54. The predicted octanol–water partition coefficient (Wildman–Crippen LogP) is 3.96. The van der Waals surface area contributed by atoms with Gasteiger partial charge >= 0.3 is 18.3 Å². The number of hydrogen-bond donors (Lipinski definition) is 3. The van der Waals surface area contributed by atoms with Crippen LogP contribution < -0.4 is 5.32 Å². The van der Waals surface area contributed by atoms with Gasteiger partial charge in [0.1, 0.15) is 12.0 Å². The molecule has 1 aliphatic carbocycles. The quantitative estimate of drug-likeness (QED) is 0.582. The van der Waals surface area contributed by atoms with Crippen LogP contribution in [0.2, 0.25) is 0 Å². The molecule has 2 fully saturated rings. The fraction of sp³-hybridized carbons (Fsp3) is 0.600. The molecule has 0 spiro atoms. The second kappa shape index (κ2) is 9.97. The number of carboxylic acids is 1. The van der Waals surface area contributed by atoms with Crippen LogP contribution in [0, 0.1) is 0 Å². The number of rotatable bonds is 3. The Hall–Kier alpha value is -2.50. The van der Waals surface area contributed by atoms with Gasteiger partial charge in [0.2, 0.25) is 5.91 Å². The summed E-state index contributed by atoms with van der Waals surface area (Å²) in [5.74, 6) is -3.69. The van der Waals surface area contributed by atoms with Crippen LogP contribution in [0.1, 0.15) is 38.5 Å². The molecule has 3 N–H and O–H groups in total. The average molecular weight is 470 g/mol. The van der Waals surface area contributed by atoms with Crippen LogP contribution in [0.4, 0.5) is 32.0 Å². The molecule has 1 unspecified atom stereocenters. The number of anilines is 1. The van der Waals surface area contributed by atoms with Gasteiger partial charge in [-0.05, 0) is 31.4 Å². The molecule has 1 aliphatic heterocycles. The van der Waals surface area contributed by atoms with Crippen LogP contribution in [0.15, 0.2) is 30.3 Å². The summed E-state index contributed by atoms with van der Waals surface area (Å²) in [6, 6.07) is 8.59. The highest BCUT2D eigenvalue weighted by molar-refractivity contribution is 5.77. The van der Waals surface area contributed by atoms with Crippen molar-refractivity contribution in [2.75, 3.05) is 11.9 Å². The van der Waals surface area contributed by atoms with Crippen LogP contribution in [0.5, 0.6) is 0 Å². The number of likely N-dealkylation sites (tertiary alicyclic amines) is 1. The average Bonchev–Trinajstić information content (AvgIpc) is 2.67. The van der Waals surface area contributed by atoms with Gasteiger partial charge in [0, 0.05) is 12.2 Å². The maximum Gasteiger partial charge on any atom is 0.490 e. The van der Waals surface area contributed by atoms with E-state index in [2.05, 4.69) is 5.32 Å². The molecule has 0 radical (unpaired) electrons. The van der Waals surface area contributed by atoms with Crippen molar-refractivity contribution < 1.29 is 46.1 Å². The first kappa shape index (κ1) is 25.8. The zero-order valence-corrected chi connectivity index (χ0v) is 16.9. The molecule has 1 amide bonds. The molecule has 1 aromatic rings. The third-order valence-electron chi connectivity index (χ3n) is 5.55. The number of carbonyl (C=O) groups excluding carboxylic acids is 1. The van der Waals surface area contributed by atoms with E-state index < -0.39 is 42.3 Å². The smallest absolute Gasteiger partial charge is 0.475 e. The van der Waals surface area contributed by atoms with E-state index in [1.54, 1.807) is 0 Å². The normalized spacial score (nSPS) is 25.8. The number of piperidine rings is 1. The van der Waals surface area contributed by atoms with E-state index in [4.69, 9.17) is 9.90 Å². The second-order valence-corrected chi connectivity index (χ2v) is 7.79. The fourth-order valence-electron chi connectivity index (χ4n) is 4.17. The van der Waals surface area contributed by atoms with Gasteiger partial charge in [-0.1, -0.05) is 31.0 Å². The molecule has 3 atom stereocenters. The second-order valence-electron chi connectivity index (χ2n) is 7.79. The first-order chi connectivity index (χ1) is 14.7. The highest BCUT2D eigenvalue weighted by Crippen LogP contribution is 2.41. The molecule has 1 saturated heterocycles. The van der Waals surface area contributed by atoms with Gasteiger partial charge in [-0.15, -0.1) is 0 Å². The molecule has 0 bridgehead atoms.